The topological polar surface area (TPSA) is 49.9 Å². The van der Waals surface area contributed by atoms with Crippen LogP contribution >= 0.6 is 11.8 Å². The zero-order chi connectivity index (χ0) is 20.1. The maximum Gasteiger partial charge on any atom is 0.261 e. The van der Waals surface area contributed by atoms with Crippen LogP contribution in [0.4, 0.5) is 0 Å². The number of benzene rings is 2. The fourth-order valence-electron chi connectivity index (χ4n) is 4.10. The van der Waals surface area contributed by atoms with Crippen LogP contribution < -0.4 is 4.74 Å². The lowest BCUT2D eigenvalue weighted by molar-refractivity contribution is -0.138. The lowest BCUT2D eigenvalue weighted by Crippen LogP contribution is -2.54. The number of thioether (sulfide) groups is 1. The van der Waals surface area contributed by atoms with Crippen molar-refractivity contribution in [1.29, 1.82) is 0 Å². The first kappa shape index (κ1) is 19.8. The van der Waals surface area contributed by atoms with Crippen LogP contribution in [0.3, 0.4) is 0 Å². The van der Waals surface area contributed by atoms with Gasteiger partial charge in [-0.05, 0) is 30.5 Å². The third-order valence-electron chi connectivity index (χ3n) is 5.68. The van der Waals surface area contributed by atoms with E-state index in [1.54, 1.807) is 0 Å². The number of rotatable bonds is 5. The molecule has 5 nitrogen and oxygen atoms in total. The van der Waals surface area contributed by atoms with Gasteiger partial charge in [-0.1, -0.05) is 48.5 Å². The predicted molar refractivity (Wildman–Crippen MR) is 115 cm³/mol. The highest BCUT2D eigenvalue weighted by Gasteiger charge is 2.46. The first-order chi connectivity index (χ1) is 14.2. The summed E-state index contributed by atoms with van der Waals surface area (Å²) in [7, 11) is 0. The molecule has 2 aliphatic rings. The standard InChI is InChI=1S/C23H26N2O3S/c26-21(17-19-7-3-1-4-8-19)24-13-11-23(12-14-24)25(15-16-29-23)22(27)18-28-20-9-5-2-6-10-20/h1-10H,11-18H2. The highest BCUT2D eigenvalue weighted by atomic mass is 32.2. The van der Waals surface area contributed by atoms with Gasteiger partial charge in [0.15, 0.2) is 6.61 Å². The van der Waals surface area contributed by atoms with Gasteiger partial charge < -0.3 is 14.5 Å². The molecule has 0 aromatic heterocycles. The van der Waals surface area contributed by atoms with Crippen LogP contribution in [0.25, 0.3) is 0 Å². The largest absolute Gasteiger partial charge is 0.484 e. The van der Waals surface area contributed by atoms with Crippen LogP contribution in [0.1, 0.15) is 18.4 Å². The molecule has 2 fully saturated rings. The summed E-state index contributed by atoms with van der Waals surface area (Å²) in [6.45, 7) is 2.20. The van der Waals surface area contributed by atoms with E-state index in [1.807, 2.05) is 82.2 Å². The number of hydrogen-bond acceptors (Lipinski definition) is 4. The third kappa shape index (κ3) is 4.58. The van der Waals surface area contributed by atoms with Crippen molar-refractivity contribution in [2.45, 2.75) is 24.1 Å². The Hall–Kier alpha value is -2.47. The van der Waals surface area contributed by atoms with E-state index < -0.39 is 0 Å². The summed E-state index contributed by atoms with van der Waals surface area (Å²) >= 11 is 1.85. The van der Waals surface area contributed by atoms with Crippen molar-refractivity contribution in [3.63, 3.8) is 0 Å². The highest BCUT2D eigenvalue weighted by molar-refractivity contribution is 8.00. The van der Waals surface area contributed by atoms with Crippen LogP contribution in [0.2, 0.25) is 0 Å². The van der Waals surface area contributed by atoms with E-state index >= 15 is 0 Å². The van der Waals surface area contributed by atoms with Gasteiger partial charge in [-0.2, -0.15) is 0 Å². The van der Waals surface area contributed by atoms with Crippen LogP contribution in [0.5, 0.6) is 5.75 Å². The Bertz CT molecular complexity index is 836. The van der Waals surface area contributed by atoms with E-state index in [9.17, 15) is 9.59 Å². The minimum absolute atomic E-state index is 0.0305. The van der Waals surface area contributed by atoms with Crippen molar-refractivity contribution >= 4 is 23.6 Å². The monoisotopic (exact) mass is 410 g/mol. The maximum absolute atomic E-state index is 12.9. The summed E-state index contributed by atoms with van der Waals surface area (Å²) in [6, 6.07) is 19.3. The predicted octanol–water partition coefficient (Wildman–Crippen LogP) is 3.20. The minimum atomic E-state index is -0.194. The number of nitrogens with zero attached hydrogens (tertiary/aromatic N) is 2. The average Bonchev–Trinajstić information content (AvgIpc) is 3.17. The van der Waals surface area contributed by atoms with Gasteiger partial charge in [0.25, 0.3) is 5.91 Å². The van der Waals surface area contributed by atoms with Crippen molar-refractivity contribution in [3.8, 4) is 5.75 Å². The molecule has 2 aromatic carbocycles. The van der Waals surface area contributed by atoms with Gasteiger partial charge in [0, 0.05) is 25.4 Å². The lowest BCUT2D eigenvalue weighted by atomic mass is 10.0. The third-order valence-corrected chi connectivity index (χ3v) is 7.23. The van der Waals surface area contributed by atoms with Crippen LogP contribution in [0, 0.1) is 0 Å². The van der Waals surface area contributed by atoms with Crippen LogP contribution in [-0.2, 0) is 16.0 Å². The Morgan fingerprint density at radius 2 is 1.55 bits per heavy atom. The molecule has 0 bridgehead atoms. The van der Waals surface area contributed by atoms with E-state index in [2.05, 4.69) is 0 Å². The van der Waals surface area contributed by atoms with E-state index in [0.29, 0.717) is 25.3 Å². The summed E-state index contributed by atoms with van der Waals surface area (Å²) in [5.74, 6) is 1.85. The Morgan fingerprint density at radius 1 is 0.897 bits per heavy atom. The Kier molecular flexibility index (Phi) is 6.09. The van der Waals surface area contributed by atoms with Crippen molar-refractivity contribution in [2.75, 3.05) is 32.0 Å². The Labute approximate surface area is 176 Å². The molecule has 2 aromatic rings. The molecule has 2 saturated heterocycles. The molecule has 2 amide bonds. The summed E-state index contributed by atoms with van der Waals surface area (Å²) in [5, 5.41) is 0. The van der Waals surface area contributed by atoms with Gasteiger partial charge >= 0.3 is 0 Å². The molecule has 0 N–H and O–H groups in total. The number of amides is 2. The number of likely N-dealkylation sites (tertiary alicyclic amines) is 1. The first-order valence-electron chi connectivity index (χ1n) is 10.1. The Morgan fingerprint density at radius 3 is 2.24 bits per heavy atom. The summed E-state index contributed by atoms with van der Waals surface area (Å²) in [4.78, 5) is 29.3. The normalized spacial score (nSPS) is 18.1. The maximum atomic E-state index is 12.9. The van der Waals surface area contributed by atoms with E-state index in [4.69, 9.17) is 4.74 Å². The first-order valence-corrected chi connectivity index (χ1v) is 11.1. The molecule has 152 valence electrons. The Balaban J connectivity index is 1.32. The molecule has 0 unspecified atom stereocenters. The molecule has 2 heterocycles. The van der Waals surface area contributed by atoms with Gasteiger partial charge in [-0.25, -0.2) is 0 Å². The number of para-hydroxylation sites is 1. The second-order valence-electron chi connectivity index (χ2n) is 7.48. The van der Waals surface area contributed by atoms with Crippen molar-refractivity contribution in [2.24, 2.45) is 0 Å². The molecular weight excluding hydrogens is 384 g/mol. The number of carbonyl (C=O) groups excluding carboxylic acids is 2. The smallest absolute Gasteiger partial charge is 0.261 e. The number of piperidine rings is 1. The van der Waals surface area contributed by atoms with E-state index in [1.165, 1.54) is 0 Å². The quantitative estimate of drug-likeness (QED) is 0.760. The number of hydrogen-bond donors (Lipinski definition) is 0. The van der Waals surface area contributed by atoms with Crippen LogP contribution in [-0.4, -0.2) is 58.5 Å². The molecular formula is C23H26N2O3S. The molecule has 0 atom stereocenters. The average molecular weight is 411 g/mol. The van der Waals surface area contributed by atoms with Crippen molar-refractivity contribution in [3.05, 3.63) is 66.2 Å². The van der Waals surface area contributed by atoms with Gasteiger partial charge in [0.2, 0.25) is 5.91 Å². The molecule has 0 aliphatic carbocycles. The second-order valence-corrected chi connectivity index (χ2v) is 8.94. The van der Waals surface area contributed by atoms with Crippen LogP contribution in [0.15, 0.2) is 60.7 Å². The molecule has 2 aliphatic heterocycles. The molecule has 0 radical (unpaired) electrons. The lowest BCUT2D eigenvalue weighted by Gasteiger charge is -2.44. The molecule has 1 spiro atoms. The fourth-order valence-corrected chi connectivity index (χ4v) is 5.58. The summed E-state index contributed by atoms with van der Waals surface area (Å²) in [6.07, 6.45) is 2.07. The van der Waals surface area contributed by atoms with E-state index in [-0.39, 0.29) is 23.3 Å². The SMILES string of the molecule is O=C(Cc1ccccc1)N1CCC2(CC1)SCCN2C(=O)COc1ccccc1. The van der Waals surface area contributed by atoms with Gasteiger partial charge in [0.1, 0.15) is 5.75 Å². The zero-order valence-electron chi connectivity index (χ0n) is 16.5. The van der Waals surface area contributed by atoms with E-state index in [0.717, 1.165) is 30.7 Å². The molecule has 29 heavy (non-hydrogen) atoms. The van der Waals surface area contributed by atoms with Gasteiger partial charge in [-0.3, -0.25) is 9.59 Å². The number of ether oxygens (including phenoxy) is 1. The number of carbonyl (C=O) groups is 2. The van der Waals surface area contributed by atoms with Crippen molar-refractivity contribution < 1.29 is 14.3 Å². The van der Waals surface area contributed by atoms with Gasteiger partial charge in [0.05, 0.1) is 11.3 Å². The summed E-state index contributed by atoms with van der Waals surface area (Å²) in [5.41, 5.74) is 1.04. The highest BCUT2D eigenvalue weighted by Crippen LogP contribution is 2.44. The fraction of sp³-hybridized carbons (Fsp3) is 0.391. The second kappa shape index (κ2) is 8.91. The molecule has 0 saturated carbocycles. The molecule has 4 rings (SSSR count). The van der Waals surface area contributed by atoms with Crippen molar-refractivity contribution in [1.82, 2.24) is 9.80 Å². The summed E-state index contributed by atoms with van der Waals surface area (Å²) < 4.78 is 5.67. The molecule has 6 heteroatoms. The van der Waals surface area contributed by atoms with Gasteiger partial charge in [-0.15, -0.1) is 11.8 Å². The zero-order valence-corrected chi connectivity index (χ0v) is 17.3. The minimum Gasteiger partial charge on any atom is -0.484 e.